The number of nitrogens with one attached hydrogen (secondary N) is 2. The van der Waals surface area contributed by atoms with Gasteiger partial charge in [0.05, 0.1) is 12.3 Å². The fraction of sp³-hybridized carbons (Fsp3) is 0.389. The molecule has 1 aliphatic heterocycles. The first-order valence-electron chi connectivity index (χ1n) is 8.30. The van der Waals surface area contributed by atoms with E-state index >= 15 is 0 Å². The van der Waals surface area contributed by atoms with E-state index in [1.807, 2.05) is 36.4 Å². The molecule has 0 saturated carbocycles. The van der Waals surface area contributed by atoms with Gasteiger partial charge in [-0.3, -0.25) is 4.90 Å². The molecule has 4 nitrogen and oxygen atoms in total. The maximum absolute atomic E-state index is 6.00. The van der Waals surface area contributed by atoms with Crippen molar-refractivity contribution in [2.45, 2.75) is 25.3 Å². The maximum atomic E-state index is 6.00. The third kappa shape index (κ3) is 4.72. The lowest BCUT2D eigenvalue weighted by molar-refractivity contribution is 0.146. The number of rotatable bonds is 5. The highest BCUT2D eigenvalue weighted by atomic mass is 35.5. The normalized spacial score (nSPS) is 16.5. The van der Waals surface area contributed by atoms with E-state index in [9.17, 15) is 0 Å². The Bertz CT molecular complexity index is 656. The second-order valence-electron chi connectivity index (χ2n) is 5.97. The predicted molar refractivity (Wildman–Crippen MR) is 103 cm³/mol. The molecule has 0 radical (unpaired) electrons. The van der Waals surface area contributed by atoms with Crippen LogP contribution in [0.5, 0.6) is 0 Å². The Morgan fingerprint density at radius 2 is 2.04 bits per heavy atom. The minimum atomic E-state index is 0.194. The molecule has 0 spiro atoms. The van der Waals surface area contributed by atoms with Crippen LogP contribution in [0.25, 0.3) is 0 Å². The van der Waals surface area contributed by atoms with Gasteiger partial charge >= 0.3 is 0 Å². The molecule has 0 amide bonds. The lowest BCUT2D eigenvalue weighted by atomic mass is 10.1. The number of thiocarbonyl (C=S) groups is 1. The van der Waals surface area contributed by atoms with Gasteiger partial charge in [-0.05, 0) is 68.5 Å². The van der Waals surface area contributed by atoms with Crippen LogP contribution in [-0.4, -0.2) is 29.6 Å². The molecular formula is C18H22ClN3OS. The Morgan fingerprint density at radius 1 is 1.21 bits per heavy atom. The summed E-state index contributed by atoms with van der Waals surface area (Å²) in [5, 5.41) is 7.76. The molecular weight excluding hydrogens is 342 g/mol. The van der Waals surface area contributed by atoms with Gasteiger partial charge in [0.1, 0.15) is 5.76 Å². The zero-order chi connectivity index (χ0) is 16.8. The smallest absolute Gasteiger partial charge is 0.170 e. The number of furan rings is 1. The van der Waals surface area contributed by atoms with E-state index in [4.69, 9.17) is 28.2 Å². The van der Waals surface area contributed by atoms with Crippen molar-refractivity contribution < 1.29 is 4.42 Å². The maximum Gasteiger partial charge on any atom is 0.170 e. The third-order valence-corrected chi connectivity index (χ3v) is 4.72. The van der Waals surface area contributed by atoms with Gasteiger partial charge in [0.25, 0.3) is 0 Å². The van der Waals surface area contributed by atoms with Crippen molar-refractivity contribution in [1.82, 2.24) is 10.2 Å². The van der Waals surface area contributed by atoms with E-state index < -0.39 is 0 Å². The standard InChI is InChI=1S/C18H22ClN3OS/c19-14-6-4-7-15(12-14)21-18(24)20-13-16(17-8-5-11-23-17)22-9-2-1-3-10-22/h4-8,11-12,16H,1-3,9-10,13H2,(H2,20,21,24)/t16-/m0/s1. The summed E-state index contributed by atoms with van der Waals surface area (Å²) >= 11 is 11.4. The quantitative estimate of drug-likeness (QED) is 0.768. The largest absolute Gasteiger partial charge is 0.468 e. The molecule has 2 heterocycles. The second-order valence-corrected chi connectivity index (χ2v) is 6.82. The van der Waals surface area contributed by atoms with Gasteiger partial charge in [-0.1, -0.05) is 24.1 Å². The van der Waals surface area contributed by atoms with Crippen molar-refractivity contribution in [2.24, 2.45) is 0 Å². The molecule has 1 atom stereocenters. The topological polar surface area (TPSA) is 40.4 Å². The number of likely N-dealkylation sites (tertiary alicyclic amines) is 1. The number of halogens is 1. The van der Waals surface area contributed by atoms with E-state index in [-0.39, 0.29) is 6.04 Å². The zero-order valence-electron chi connectivity index (χ0n) is 13.5. The summed E-state index contributed by atoms with van der Waals surface area (Å²) in [6, 6.07) is 11.7. The van der Waals surface area contributed by atoms with Crippen molar-refractivity contribution in [3.8, 4) is 0 Å². The van der Waals surface area contributed by atoms with Crippen LogP contribution in [0, 0.1) is 0 Å². The van der Waals surface area contributed by atoms with Gasteiger partial charge in [0.2, 0.25) is 0 Å². The van der Waals surface area contributed by atoms with Gasteiger partial charge in [0, 0.05) is 17.3 Å². The minimum absolute atomic E-state index is 0.194. The first-order chi connectivity index (χ1) is 11.7. The van der Waals surface area contributed by atoms with Gasteiger partial charge in [-0.25, -0.2) is 0 Å². The van der Waals surface area contributed by atoms with Crippen LogP contribution >= 0.6 is 23.8 Å². The molecule has 0 unspecified atom stereocenters. The molecule has 128 valence electrons. The highest BCUT2D eigenvalue weighted by Crippen LogP contribution is 2.24. The van der Waals surface area contributed by atoms with Crippen LogP contribution in [0.4, 0.5) is 5.69 Å². The molecule has 6 heteroatoms. The van der Waals surface area contributed by atoms with Gasteiger partial charge < -0.3 is 15.1 Å². The summed E-state index contributed by atoms with van der Waals surface area (Å²) in [5.74, 6) is 0.981. The van der Waals surface area contributed by atoms with E-state index in [1.165, 1.54) is 19.3 Å². The van der Waals surface area contributed by atoms with Crippen molar-refractivity contribution >= 4 is 34.6 Å². The number of piperidine rings is 1. The molecule has 1 aromatic heterocycles. The van der Waals surface area contributed by atoms with Crippen molar-refractivity contribution in [3.63, 3.8) is 0 Å². The average Bonchev–Trinajstić information content (AvgIpc) is 3.10. The van der Waals surface area contributed by atoms with Crippen LogP contribution in [0.3, 0.4) is 0 Å². The van der Waals surface area contributed by atoms with E-state index in [1.54, 1.807) is 6.26 Å². The summed E-state index contributed by atoms with van der Waals surface area (Å²) in [4.78, 5) is 2.47. The van der Waals surface area contributed by atoms with Gasteiger partial charge in [0.15, 0.2) is 5.11 Å². The van der Waals surface area contributed by atoms with Gasteiger partial charge in [-0.15, -0.1) is 0 Å². The number of nitrogens with zero attached hydrogens (tertiary/aromatic N) is 1. The highest BCUT2D eigenvalue weighted by molar-refractivity contribution is 7.80. The average molecular weight is 364 g/mol. The Labute approximate surface area is 153 Å². The third-order valence-electron chi connectivity index (χ3n) is 4.24. The summed E-state index contributed by atoms with van der Waals surface area (Å²) < 4.78 is 5.65. The number of anilines is 1. The second kappa shape index (κ2) is 8.51. The van der Waals surface area contributed by atoms with Crippen LogP contribution in [0.15, 0.2) is 47.1 Å². The molecule has 24 heavy (non-hydrogen) atoms. The fourth-order valence-corrected chi connectivity index (χ4v) is 3.44. The van der Waals surface area contributed by atoms with Crippen molar-refractivity contribution in [3.05, 3.63) is 53.4 Å². The molecule has 1 aromatic carbocycles. The molecule has 0 bridgehead atoms. The summed E-state index contributed by atoms with van der Waals surface area (Å²) in [7, 11) is 0. The predicted octanol–water partition coefficient (Wildman–Crippen LogP) is 4.45. The lowest BCUT2D eigenvalue weighted by Crippen LogP contribution is -2.41. The summed E-state index contributed by atoms with van der Waals surface area (Å²) in [6.45, 7) is 2.91. The molecule has 2 N–H and O–H groups in total. The molecule has 1 fully saturated rings. The molecule has 1 aliphatic rings. The van der Waals surface area contributed by atoms with Crippen LogP contribution in [0.1, 0.15) is 31.1 Å². The van der Waals surface area contributed by atoms with E-state index in [0.717, 1.165) is 24.5 Å². The Hall–Kier alpha value is -1.56. The first-order valence-corrected chi connectivity index (χ1v) is 9.09. The van der Waals surface area contributed by atoms with Crippen LogP contribution in [0.2, 0.25) is 5.02 Å². The lowest BCUT2D eigenvalue weighted by Gasteiger charge is -2.33. The highest BCUT2D eigenvalue weighted by Gasteiger charge is 2.24. The zero-order valence-corrected chi connectivity index (χ0v) is 15.1. The summed E-state index contributed by atoms with van der Waals surface area (Å²) in [6.07, 6.45) is 5.52. The van der Waals surface area contributed by atoms with Crippen molar-refractivity contribution in [1.29, 1.82) is 0 Å². The monoisotopic (exact) mass is 363 g/mol. The SMILES string of the molecule is S=C(NC[C@@H](c1ccco1)N1CCCCC1)Nc1cccc(Cl)c1. The van der Waals surface area contributed by atoms with Crippen LogP contribution in [-0.2, 0) is 0 Å². The summed E-state index contributed by atoms with van der Waals surface area (Å²) in [5.41, 5.74) is 0.882. The first kappa shape index (κ1) is 17.3. The number of benzene rings is 1. The van der Waals surface area contributed by atoms with E-state index in [2.05, 4.69) is 15.5 Å². The molecule has 0 aliphatic carbocycles. The fourth-order valence-electron chi connectivity index (χ4n) is 3.05. The number of hydrogen-bond donors (Lipinski definition) is 2. The molecule has 3 rings (SSSR count). The molecule has 1 saturated heterocycles. The van der Waals surface area contributed by atoms with E-state index in [0.29, 0.717) is 16.7 Å². The minimum Gasteiger partial charge on any atom is -0.468 e. The van der Waals surface area contributed by atoms with Crippen molar-refractivity contribution in [2.75, 3.05) is 25.0 Å². The van der Waals surface area contributed by atoms with Gasteiger partial charge in [-0.2, -0.15) is 0 Å². The Morgan fingerprint density at radius 3 is 2.75 bits per heavy atom. The van der Waals surface area contributed by atoms with Crippen LogP contribution < -0.4 is 10.6 Å². The Balaban J connectivity index is 1.59. The Kier molecular flexibility index (Phi) is 6.12. The number of hydrogen-bond acceptors (Lipinski definition) is 3. The molecule has 2 aromatic rings.